The molecule has 0 aliphatic heterocycles. The topological polar surface area (TPSA) is 67.4 Å². The predicted molar refractivity (Wildman–Crippen MR) is 225 cm³/mol. The minimum Gasteiger partial charge on any atom is -0.294 e. The molecule has 0 aliphatic rings. The van der Waals surface area contributed by atoms with E-state index in [9.17, 15) is 5.26 Å². The lowest BCUT2D eigenvalue weighted by molar-refractivity contribution is 1.08. The van der Waals surface area contributed by atoms with Crippen molar-refractivity contribution in [3.05, 3.63) is 182 Å². The highest BCUT2D eigenvalue weighted by Gasteiger charge is 2.21. The lowest BCUT2D eigenvalue weighted by Gasteiger charge is -2.20. The highest BCUT2D eigenvalue weighted by molar-refractivity contribution is 6.25. The number of fused-ring (bicyclic) bond motifs is 8. The Kier molecular flexibility index (Phi) is 6.85. The molecule has 0 spiro atoms. The first-order valence-corrected chi connectivity index (χ1v) is 18.3. The van der Waals surface area contributed by atoms with E-state index >= 15 is 0 Å². The van der Waals surface area contributed by atoms with Gasteiger partial charge in [0.15, 0.2) is 0 Å². The molecule has 254 valence electrons. The van der Waals surface area contributed by atoms with Gasteiger partial charge in [-0.15, -0.1) is 0 Å². The van der Waals surface area contributed by atoms with Gasteiger partial charge in [0.2, 0.25) is 0 Å². The van der Waals surface area contributed by atoms with Crippen LogP contribution in [0.2, 0.25) is 0 Å². The van der Waals surface area contributed by atoms with Crippen LogP contribution in [-0.2, 0) is 0 Å². The maximum absolute atomic E-state index is 9.93. The Morgan fingerprint density at radius 1 is 0.418 bits per heavy atom. The first-order valence-electron chi connectivity index (χ1n) is 18.3. The monoisotopic (exact) mass is 699 g/mol. The zero-order chi connectivity index (χ0) is 36.5. The number of aromatic nitrogens is 4. The van der Waals surface area contributed by atoms with Crippen molar-refractivity contribution in [3.63, 3.8) is 0 Å². The number of benzene rings is 7. The number of hydrogen-bond acceptors (Lipinski definition) is 4. The fourth-order valence-corrected chi connectivity index (χ4v) is 8.54. The van der Waals surface area contributed by atoms with Crippen LogP contribution < -0.4 is 0 Å². The third kappa shape index (κ3) is 4.76. The molecule has 4 aromatic heterocycles. The van der Waals surface area contributed by atoms with Crippen LogP contribution in [0.4, 0.5) is 0 Å². The van der Waals surface area contributed by atoms with Gasteiger partial charge in [-0.05, 0) is 116 Å². The molecule has 5 heteroatoms. The van der Waals surface area contributed by atoms with Crippen molar-refractivity contribution in [1.82, 2.24) is 19.5 Å². The molecule has 0 saturated carbocycles. The number of rotatable bonds is 4. The third-order valence-electron chi connectivity index (χ3n) is 10.9. The Bertz CT molecular complexity index is 3380. The number of nitrogens with zero attached hydrogens (tertiary/aromatic N) is 5. The first-order chi connectivity index (χ1) is 27.2. The summed E-state index contributed by atoms with van der Waals surface area (Å²) in [6.45, 7) is 0. The Labute approximate surface area is 316 Å². The second-order valence-electron chi connectivity index (χ2n) is 13.9. The average Bonchev–Trinajstić information content (AvgIpc) is 3.58. The van der Waals surface area contributed by atoms with Crippen LogP contribution >= 0.6 is 0 Å². The zero-order valence-electron chi connectivity index (χ0n) is 29.5. The predicted octanol–water partition coefficient (Wildman–Crippen LogP) is 12.5. The maximum Gasteiger partial charge on any atom is 0.137 e. The first kappa shape index (κ1) is 30.9. The Hall–Kier alpha value is -7.68. The number of pyridine rings is 3. The summed E-state index contributed by atoms with van der Waals surface area (Å²) in [5, 5.41) is 18.8. The van der Waals surface area contributed by atoms with Gasteiger partial charge < -0.3 is 0 Å². The van der Waals surface area contributed by atoms with Crippen molar-refractivity contribution in [2.45, 2.75) is 0 Å². The molecule has 0 radical (unpaired) electrons. The van der Waals surface area contributed by atoms with Crippen LogP contribution in [0.1, 0.15) is 5.56 Å². The van der Waals surface area contributed by atoms with E-state index in [1.165, 1.54) is 5.56 Å². The normalized spacial score (nSPS) is 11.6. The summed E-state index contributed by atoms with van der Waals surface area (Å²) >= 11 is 0. The fraction of sp³-hybridized carbons (Fsp3) is 0. The van der Waals surface area contributed by atoms with E-state index in [0.29, 0.717) is 5.56 Å². The lowest BCUT2D eigenvalue weighted by Crippen LogP contribution is -1.96. The van der Waals surface area contributed by atoms with E-state index in [0.717, 1.165) is 98.8 Å². The van der Waals surface area contributed by atoms with Crippen molar-refractivity contribution in [2.24, 2.45) is 0 Å². The Morgan fingerprint density at radius 3 is 1.95 bits per heavy atom. The minimum absolute atomic E-state index is 0.624. The van der Waals surface area contributed by atoms with Gasteiger partial charge in [0, 0.05) is 40.1 Å². The molecule has 0 unspecified atom stereocenters. The smallest absolute Gasteiger partial charge is 0.137 e. The molecule has 0 amide bonds. The quantitative estimate of drug-likeness (QED) is 0.135. The summed E-state index contributed by atoms with van der Waals surface area (Å²) in [7, 11) is 0. The van der Waals surface area contributed by atoms with E-state index in [2.05, 4.69) is 126 Å². The number of hydrogen-bond donors (Lipinski definition) is 0. The van der Waals surface area contributed by atoms with Crippen LogP contribution in [0.3, 0.4) is 0 Å². The van der Waals surface area contributed by atoms with Crippen LogP contribution in [-0.4, -0.2) is 19.5 Å². The van der Waals surface area contributed by atoms with Gasteiger partial charge in [-0.25, -0.2) is 4.98 Å². The molecule has 0 fully saturated rings. The van der Waals surface area contributed by atoms with E-state index in [4.69, 9.17) is 15.0 Å². The largest absolute Gasteiger partial charge is 0.294 e. The molecule has 11 aromatic rings. The molecule has 55 heavy (non-hydrogen) atoms. The Morgan fingerprint density at radius 2 is 1.11 bits per heavy atom. The van der Waals surface area contributed by atoms with Crippen LogP contribution in [0, 0.1) is 11.3 Å². The molecule has 0 saturated heterocycles. The van der Waals surface area contributed by atoms with Crippen molar-refractivity contribution >= 4 is 65.2 Å². The summed E-state index contributed by atoms with van der Waals surface area (Å²) < 4.78 is 2.19. The molecule has 7 aromatic carbocycles. The van der Waals surface area contributed by atoms with Crippen molar-refractivity contribution in [2.75, 3.05) is 0 Å². The van der Waals surface area contributed by atoms with Gasteiger partial charge in [-0.2, -0.15) is 5.26 Å². The fourth-order valence-electron chi connectivity index (χ4n) is 8.54. The summed E-state index contributed by atoms with van der Waals surface area (Å²) in [6.07, 6.45) is 5.58. The summed E-state index contributed by atoms with van der Waals surface area (Å²) in [4.78, 5) is 14.4. The summed E-state index contributed by atoms with van der Waals surface area (Å²) in [6, 6.07) is 57.7. The molecule has 4 heterocycles. The lowest BCUT2D eigenvalue weighted by atomic mass is 9.84. The molecule has 11 rings (SSSR count). The van der Waals surface area contributed by atoms with Crippen molar-refractivity contribution in [3.8, 4) is 45.3 Å². The molecule has 0 N–H and O–H groups in total. The van der Waals surface area contributed by atoms with E-state index < -0.39 is 0 Å². The highest BCUT2D eigenvalue weighted by Crippen LogP contribution is 2.47. The van der Waals surface area contributed by atoms with E-state index in [-0.39, 0.29) is 0 Å². The van der Waals surface area contributed by atoms with Crippen molar-refractivity contribution in [1.29, 1.82) is 5.26 Å². The van der Waals surface area contributed by atoms with Crippen LogP contribution in [0.15, 0.2) is 176 Å². The van der Waals surface area contributed by atoms with Gasteiger partial charge in [0.25, 0.3) is 0 Å². The zero-order valence-corrected chi connectivity index (χ0v) is 29.5. The van der Waals surface area contributed by atoms with Gasteiger partial charge >= 0.3 is 0 Å². The third-order valence-corrected chi connectivity index (χ3v) is 10.9. The maximum atomic E-state index is 9.93. The molecular weight excluding hydrogens is 671 g/mol. The molecule has 5 nitrogen and oxygen atoms in total. The average molecular weight is 700 g/mol. The second kappa shape index (κ2) is 12.2. The Balaban J connectivity index is 1.26. The summed E-state index contributed by atoms with van der Waals surface area (Å²) in [5.74, 6) is 0.834. The van der Waals surface area contributed by atoms with Crippen LogP contribution in [0.5, 0.6) is 0 Å². The SMILES string of the molecule is N#Cc1ccc2c(c1)c1cc(-c3c4ccccc4c(-c4ccnc5c4ccc4cccnc45)c4cc(-c5ccccc5)ccc34)ccc1n2-c1ccccn1. The van der Waals surface area contributed by atoms with Gasteiger partial charge in [0.1, 0.15) is 5.82 Å². The van der Waals surface area contributed by atoms with Gasteiger partial charge in [-0.3, -0.25) is 14.5 Å². The van der Waals surface area contributed by atoms with Gasteiger partial charge in [0.05, 0.1) is 33.7 Å². The molecule has 0 atom stereocenters. The summed E-state index contributed by atoms with van der Waals surface area (Å²) in [5.41, 5.74) is 11.3. The van der Waals surface area contributed by atoms with Crippen molar-refractivity contribution < 1.29 is 0 Å². The second-order valence-corrected chi connectivity index (χ2v) is 13.9. The van der Waals surface area contributed by atoms with Crippen LogP contribution in [0.25, 0.3) is 104 Å². The highest BCUT2D eigenvalue weighted by atomic mass is 15.1. The van der Waals surface area contributed by atoms with Gasteiger partial charge in [-0.1, -0.05) is 97.1 Å². The minimum atomic E-state index is 0.624. The van der Waals surface area contributed by atoms with E-state index in [1.807, 2.05) is 61.1 Å². The standard InChI is InChI=1S/C50H29N5/c51-30-31-15-21-44-41(27-31)42-29-35(18-22-45(42)55(44)46-14-6-7-24-52-46)47-36-12-4-5-13-37(36)48(43-28-34(17-19-38(43)47)32-9-2-1-3-10-32)39-23-26-54-50-40(39)20-16-33-11-8-25-53-49(33)50/h1-29H. The molecule has 0 bridgehead atoms. The molecule has 0 aliphatic carbocycles. The molecular formula is C50H29N5. The number of nitriles is 1. The van der Waals surface area contributed by atoms with E-state index in [1.54, 1.807) is 0 Å².